The highest BCUT2D eigenvalue weighted by molar-refractivity contribution is 6.14. The average molecular weight is 1190 g/mol. The number of pyridine rings is 1. The van der Waals surface area contributed by atoms with Crippen LogP contribution in [0.1, 0.15) is 27.8 Å². The summed E-state index contributed by atoms with van der Waals surface area (Å²) in [5.41, 5.74) is -3.49. The van der Waals surface area contributed by atoms with Crippen molar-refractivity contribution in [1.82, 2.24) is 23.3 Å². The molecule has 18 heteroatoms. The Morgan fingerprint density at radius 1 is 0.284 bits per heavy atom. The van der Waals surface area contributed by atoms with Crippen molar-refractivity contribution in [3.8, 4) is 51.3 Å². The highest BCUT2D eigenvalue weighted by atomic mass is 19.4. The second-order valence-electron chi connectivity index (χ2n) is 21.4. The van der Waals surface area contributed by atoms with E-state index in [0.717, 1.165) is 101 Å². The fourth-order valence-corrected chi connectivity index (χ4v) is 12.7. The molecule has 0 aliphatic carbocycles. The van der Waals surface area contributed by atoms with Crippen LogP contribution in [0.4, 0.5) is 52.7 Å². The van der Waals surface area contributed by atoms with E-state index >= 15 is 52.7 Å². The molecule has 0 bridgehead atoms. The molecule has 0 fully saturated rings. The van der Waals surface area contributed by atoms with Gasteiger partial charge in [-0.25, -0.2) is 4.98 Å². The minimum Gasteiger partial charge on any atom is -0.309 e. The van der Waals surface area contributed by atoms with Gasteiger partial charge >= 0.3 is 24.7 Å². The predicted molar refractivity (Wildman–Crippen MR) is 317 cm³/mol. The maximum absolute atomic E-state index is 15.1. The van der Waals surface area contributed by atoms with Gasteiger partial charge in [-0.05, 0) is 97.1 Å². The smallest absolute Gasteiger partial charge is 0.309 e. The van der Waals surface area contributed by atoms with Gasteiger partial charge in [0, 0.05) is 65.6 Å². The summed E-state index contributed by atoms with van der Waals surface area (Å²) in [4.78, 5) is 5.33. The highest BCUT2D eigenvalue weighted by Gasteiger charge is 2.38. The minimum atomic E-state index is -5.04. The van der Waals surface area contributed by atoms with Crippen LogP contribution >= 0.6 is 0 Å². The van der Waals surface area contributed by atoms with E-state index in [4.69, 9.17) is 4.98 Å². The van der Waals surface area contributed by atoms with Crippen molar-refractivity contribution in [2.45, 2.75) is 24.7 Å². The largest absolute Gasteiger partial charge is 0.416 e. The molecule has 88 heavy (non-hydrogen) atoms. The standard InChI is InChI=1S/C70H36F12N6/c71-67(72,73)40-21-29-50-51-30-22-41(68(74,75)76)34-60(51)87(59(50)33-40)65-54(37-83)66(88-61-35-42(69(77,78)79)23-31-52(61)53-32-24-43(36-62(53)88)70(80,81)82)64(39-19-27-45(28-20-39)86-57-15-7-3-11-48(57)49-12-4-8-16-58(49)86)84-63(65)38-17-25-44(26-18-38)85-55-13-5-1-9-46(55)47-10-2-6-14-56(47)85/h1-36H. The Morgan fingerprint density at radius 2 is 0.534 bits per heavy atom. The molecule has 0 aliphatic rings. The molecule has 10 aromatic carbocycles. The number of rotatable bonds is 6. The van der Waals surface area contributed by atoms with Crippen molar-refractivity contribution in [1.29, 1.82) is 5.26 Å². The number of aromatic nitrogens is 5. The van der Waals surface area contributed by atoms with Gasteiger partial charge in [0.05, 0.1) is 89.2 Å². The van der Waals surface area contributed by atoms with Gasteiger partial charge in [0.15, 0.2) is 0 Å². The van der Waals surface area contributed by atoms with E-state index in [1.54, 1.807) is 48.5 Å². The van der Waals surface area contributed by atoms with Crippen LogP contribution in [0.5, 0.6) is 0 Å². The number of fused-ring (bicyclic) bond motifs is 12. The quantitative estimate of drug-likeness (QED) is 0.156. The molecule has 0 radical (unpaired) electrons. The summed E-state index contributed by atoms with van der Waals surface area (Å²) in [7, 11) is 0. The molecule has 430 valence electrons. The maximum atomic E-state index is 15.1. The summed E-state index contributed by atoms with van der Waals surface area (Å²) in [5.74, 6) is 0. The zero-order valence-corrected chi connectivity index (χ0v) is 45.0. The summed E-state index contributed by atoms with van der Waals surface area (Å²) in [6.07, 6.45) is -20.2. The van der Waals surface area contributed by atoms with Gasteiger partial charge in [0.2, 0.25) is 0 Å². The second-order valence-corrected chi connectivity index (χ2v) is 21.4. The van der Waals surface area contributed by atoms with Gasteiger partial charge in [-0.2, -0.15) is 57.9 Å². The molecule has 15 aromatic rings. The Bertz CT molecular complexity index is 4880. The fraction of sp³-hybridized carbons (Fsp3) is 0.0571. The number of nitriles is 1. The summed E-state index contributed by atoms with van der Waals surface area (Å²) in [6, 6.07) is 56.4. The van der Waals surface area contributed by atoms with Crippen molar-refractivity contribution in [2.75, 3.05) is 0 Å². The molecule has 0 amide bonds. The topological polar surface area (TPSA) is 56.4 Å². The molecule has 5 heterocycles. The van der Waals surface area contributed by atoms with Gasteiger partial charge in [0.25, 0.3) is 0 Å². The van der Waals surface area contributed by atoms with Gasteiger partial charge < -0.3 is 18.3 Å². The molecule has 0 aliphatic heterocycles. The van der Waals surface area contributed by atoms with E-state index in [1.807, 2.05) is 106 Å². The lowest BCUT2D eigenvalue weighted by Crippen LogP contribution is -2.12. The number of nitrogens with zero attached hydrogens (tertiary/aromatic N) is 6. The van der Waals surface area contributed by atoms with E-state index in [0.29, 0.717) is 35.6 Å². The number of alkyl halides is 12. The third-order valence-electron chi connectivity index (χ3n) is 16.5. The number of halogens is 12. The molecule has 0 spiro atoms. The molecule has 5 aromatic heterocycles. The maximum Gasteiger partial charge on any atom is 0.416 e. The Kier molecular flexibility index (Phi) is 11.7. The summed E-state index contributed by atoms with van der Waals surface area (Å²) in [5, 5.41) is 15.9. The van der Waals surface area contributed by atoms with Gasteiger partial charge in [-0.1, -0.05) is 121 Å². The molecule has 0 atom stereocenters. The average Bonchev–Trinajstić information content (AvgIpc) is 1.50. The molecular formula is C70H36F12N6. The van der Waals surface area contributed by atoms with Crippen LogP contribution in [-0.2, 0) is 24.7 Å². The van der Waals surface area contributed by atoms with Crippen molar-refractivity contribution in [2.24, 2.45) is 0 Å². The molecule has 6 nitrogen and oxygen atoms in total. The van der Waals surface area contributed by atoms with Crippen LogP contribution in [0.2, 0.25) is 0 Å². The lowest BCUT2D eigenvalue weighted by molar-refractivity contribution is -0.138. The molecule has 0 N–H and O–H groups in total. The van der Waals surface area contributed by atoms with E-state index in [2.05, 4.69) is 6.07 Å². The zero-order valence-electron chi connectivity index (χ0n) is 45.0. The van der Waals surface area contributed by atoms with E-state index in [-0.39, 0.29) is 66.1 Å². The predicted octanol–water partition coefficient (Wildman–Crippen LogP) is 20.8. The third-order valence-corrected chi connectivity index (χ3v) is 16.5. The first-order valence-electron chi connectivity index (χ1n) is 27.3. The highest BCUT2D eigenvalue weighted by Crippen LogP contribution is 2.49. The minimum absolute atomic E-state index is 0.000975. The van der Waals surface area contributed by atoms with Gasteiger partial charge in [0.1, 0.15) is 11.6 Å². The van der Waals surface area contributed by atoms with Crippen LogP contribution in [0, 0.1) is 11.3 Å². The molecule has 15 rings (SSSR count). The Morgan fingerprint density at radius 3 is 0.784 bits per heavy atom. The van der Waals surface area contributed by atoms with E-state index < -0.39 is 63.9 Å². The van der Waals surface area contributed by atoms with Crippen molar-refractivity contribution < 1.29 is 52.7 Å². The van der Waals surface area contributed by atoms with Crippen LogP contribution in [0.3, 0.4) is 0 Å². The summed E-state index contributed by atoms with van der Waals surface area (Å²) in [6.45, 7) is 0. The SMILES string of the molecule is N#Cc1c(-n2c3cc(C(F)(F)F)ccc3c3ccc(C(F)(F)F)cc32)c(-c2ccc(-n3c4ccccc4c4ccccc43)cc2)nc(-c2ccc(-n3c4ccccc4c4ccccc43)cc2)c1-n1c2cc(C(F)(F)F)ccc2c2ccc(C(F)(F)F)cc21. The van der Waals surface area contributed by atoms with Crippen molar-refractivity contribution >= 4 is 87.2 Å². The number of hydrogen-bond acceptors (Lipinski definition) is 2. The Hall–Kier alpha value is -10.8. The van der Waals surface area contributed by atoms with Crippen molar-refractivity contribution in [3.05, 3.63) is 246 Å². The molecule has 0 saturated heterocycles. The normalized spacial score (nSPS) is 12.8. The first-order valence-corrected chi connectivity index (χ1v) is 27.3. The fourth-order valence-electron chi connectivity index (χ4n) is 12.7. The first-order chi connectivity index (χ1) is 42.2. The molecular weight excluding hydrogens is 1150 g/mol. The van der Waals surface area contributed by atoms with E-state index in [9.17, 15) is 5.26 Å². The lowest BCUT2D eigenvalue weighted by atomic mass is 9.98. The van der Waals surface area contributed by atoms with Gasteiger partial charge in [-0.3, -0.25) is 0 Å². The molecule has 0 saturated carbocycles. The van der Waals surface area contributed by atoms with Gasteiger partial charge in [-0.15, -0.1) is 0 Å². The van der Waals surface area contributed by atoms with Crippen LogP contribution < -0.4 is 0 Å². The summed E-state index contributed by atoms with van der Waals surface area (Å²) >= 11 is 0. The number of benzene rings is 10. The zero-order chi connectivity index (χ0) is 60.9. The second kappa shape index (κ2) is 19.1. The Balaban J connectivity index is 1.12. The summed E-state index contributed by atoms with van der Waals surface area (Å²) < 4.78 is 187. The van der Waals surface area contributed by atoms with E-state index in [1.165, 1.54) is 0 Å². The molecule has 0 unspecified atom stereocenters. The monoisotopic (exact) mass is 1190 g/mol. The van der Waals surface area contributed by atoms with Crippen LogP contribution in [0.15, 0.2) is 218 Å². The number of para-hydroxylation sites is 4. The first kappa shape index (κ1) is 53.9. The van der Waals surface area contributed by atoms with Crippen LogP contribution in [-0.4, -0.2) is 23.3 Å². The van der Waals surface area contributed by atoms with Crippen molar-refractivity contribution in [3.63, 3.8) is 0 Å². The lowest BCUT2D eigenvalue weighted by Gasteiger charge is -2.23. The number of hydrogen-bond donors (Lipinski definition) is 0. The van der Waals surface area contributed by atoms with Crippen LogP contribution in [0.25, 0.3) is 132 Å². The Labute approximate surface area is 488 Å². The third kappa shape index (κ3) is 8.31.